The first-order valence-corrected chi connectivity index (χ1v) is 14.5. The molecule has 4 aromatic rings. The van der Waals surface area contributed by atoms with Gasteiger partial charge in [0.15, 0.2) is 17.5 Å². The molecule has 0 N–H and O–H groups in total. The highest BCUT2D eigenvalue weighted by Gasteiger charge is 2.20. The van der Waals surface area contributed by atoms with Gasteiger partial charge in [0.25, 0.3) is 0 Å². The van der Waals surface area contributed by atoms with E-state index in [1.165, 1.54) is 84.8 Å². The first-order valence-electron chi connectivity index (χ1n) is 11.3. The second kappa shape index (κ2) is 18.4. The van der Waals surface area contributed by atoms with Crippen LogP contribution in [0.5, 0.6) is 0 Å². The molecule has 39 heavy (non-hydrogen) atoms. The fraction of sp³-hybridized carbons (Fsp3) is 0.222. The number of aromatic nitrogens is 3. The van der Waals surface area contributed by atoms with E-state index < -0.39 is 17.5 Å². The third-order valence-electron chi connectivity index (χ3n) is 4.69. The van der Waals surface area contributed by atoms with E-state index in [1.807, 2.05) is 93.4 Å². The molecule has 0 bridgehead atoms. The molecule has 0 saturated heterocycles. The maximum Gasteiger partial charge on any atom is 0.155 e. The van der Waals surface area contributed by atoms with Crippen molar-refractivity contribution in [3.05, 3.63) is 102 Å². The topological polar surface area (TPSA) is 48.4 Å². The monoisotopic (exact) mass is 876 g/mol. The predicted molar refractivity (Wildman–Crippen MR) is 180 cm³/mol. The molecule has 1 aromatic carbocycles. The molecule has 0 saturated carbocycles. The van der Waals surface area contributed by atoms with Gasteiger partial charge in [0.05, 0.1) is 10.7 Å². The second-order valence-corrected chi connectivity index (χ2v) is 11.4. The van der Waals surface area contributed by atoms with Crippen LogP contribution < -0.4 is 14.7 Å². The van der Waals surface area contributed by atoms with Gasteiger partial charge in [-0.1, -0.05) is 0 Å². The van der Waals surface area contributed by atoms with Crippen LogP contribution in [-0.4, -0.2) is 57.2 Å². The number of nitrogens with zero attached hydrogens (tertiary/aromatic N) is 6. The van der Waals surface area contributed by atoms with Crippen molar-refractivity contribution < 1.29 is 13.2 Å². The smallest absolute Gasteiger partial charge is 0.155 e. The quantitative estimate of drug-likeness (QED) is 0.122. The summed E-state index contributed by atoms with van der Waals surface area (Å²) in [6.45, 7) is 0. The first kappa shape index (κ1) is 35.1. The maximum atomic E-state index is 12.9. The molecule has 0 aliphatic carbocycles. The zero-order valence-electron chi connectivity index (χ0n) is 22.4. The molecule has 3 aromatic heterocycles. The molecule has 0 atom stereocenters. The maximum absolute atomic E-state index is 12.9. The lowest BCUT2D eigenvalue weighted by atomic mass is 10.3. The van der Waals surface area contributed by atoms with Crippen LogP contribution in [0.25, 0.3) is 0 Å². The van der Waals surface area contributed by atoms with Crippen LogP contribution in [0, 0.1) is 28.2 Å². The van der Waals surface area contributed by atoms with Crippen LogP contribution in [0.4, 0.5) is 30.2 Å². The van der Waals surface area contributed by atoms with Gasteiger partial charge in [-0.05, 0) is 104 Å². The van der Waals surface area contributed by atoms with E-state index in [-0.39, 0.29) is 10.7 Å². The van der Waals surface area contributed by atoms with Gasteiger partial charge in [-0.2, -0.15) is 0 Å². The zero-order valence-corrected chi connectivity index (χ0v) is 28.9. The van der Waals surface area contributed by atoms with Gasteiger partial charge in [-0.25, -0.2) is 13.2 Å². The van der Waals surface area contributed by atoms with Crippen molar-refractivity contribution in [2.24, 2.45) is 0 Å². The van der Waals surface area contributed by atoms with E-state index in [1.54, 1.807) is 37.2 Å². The van der Waals surface area contributed by atoms with Crippen LogP contribution in [-0.2, 0) is 0 Å². The van der Waals surface area contributed by atoms with Gasteiger partial charge in [-0.15, -0.1) is 0 Å². The third kappa shape index (κ3) is 12.4. The number of anilines is 3. The summed E-state index contributed by atoms with van der Waals surface area (Å²) in [6.07, 6.45) is 10.7. The Bertz CT molecular complexity index is 1040. The Kier molecular flexibility index (Phi) is 16.6. The standard InChI is InChI=1S/3C7H10N2.C6F3I3/c3*1-9(2)7-3-5-8-6-4-7;7-1-4(10)2(8)6(12)3(9)5(1)11/h3*3-6H,1-2H3;. The van der Waals surface area contributed by atoms with Crippen molar-refractivity contribution in [1.82, 2.24) is 15.0 Å². The van der Waals surface area contributed by atoms with Gasteiger partial charge in [0, 0.05) is 96.5 Å². The SMILES string of the molecule is CN(C)c1ccncc1.CN(C)c1ccncc1.CN(C)c1ccncc1.Fc1c(I)c(F)c(I)c(F)c1I. The van der Waals surface area contributed by atoms with E-state index in [4.69, 9.17) is 0 Å². The molecule has 0 amide bonds. The minimum atomic E-state index is -0.827. The Labute approximate surface area is 269 Å². The Morgan fingerprint density at radius 1 is 0.436 bits per heavy atom. The molecule has 3 heterocycles. The van der Waals surface area contributed by atoms with Crippen molar-refractivity contribution >= 4 is 84.8 Å². The fourth-order valence-electron chi connectivity index (χ4n) is 2.50. The average molecular weight is 876 g/mol. The summed E-state index contributed by atoms with van der Waals surface area (Å²) < 4.78 is 38.3. The molecule has 0 aliphatic heterocycles. The van der Waals surface area contributed by atoms with E-state index >= 15 is 0 Å². The Morgan fingerprint density at radius 2 is 0.615 bits per heavy atom. The summed E-state index contributed by atoms with van der Waals surface area (Å²) in [5.74, 6) is -2.48. The molecular weight excluding hydrogens is 846 g/mol. The van der Waals surface area contributed by atoms with Gasteiger partial charge >= 0.3 is 0 Å². The molecule has 4 rings (SSSR count). The largest absolute Gasteiger partial charge is 0.378 e. The van der Waals surface area contributed by atoms with Crippen LogP contribution in [0.2, 0.25) is 0 Å². The van der Waals surface area contributed by atoms with Crippen molar-refractivity contribution in [1.29, 1.82) is 0 Å². The normalized spacial score (nSPS) is 9.54. The number of hydrogen-bond donors (Lipinski definition) is 0. The molecule has 210 valence electrons. The molecule has 0 fully saturated rings. The second-order valence-electron chi connectivity index (χ2n) is 8.18. The third-order valence-corrected chi connectivity index (χ3v) is 7.53. The van der Waals surface area contributed by atoms with Crippen LogP contribution >= 0.6 is 67.8 Å². The van der Waals surface area contributed by atoms with Gasteiger partial charge in [0.2, 0.25) is 0 Å². The predicted octanol–water partition coefficient (Wildman–Crippen LogP) is 7.36. The Morgan fingerprint density at radius 3 is 0.744 bits per heavy atom. The molecule has 0 unspecified atom stereocenters. The average Bonchev–Trinajstić information content (AvgIpc) is 2.96. The van der Waals surface area contributed by atoms with E-state index in [2.05, 4.69) is 15.0 Å². The molecule has 0 spiro atoms. The number of pyridine rings is 3. The van der Waals surface area contributed by atoms with Crippen molar-refractivity contribution in [3.8, 4) is 0 Å². The van der Waals surface area contributed by atoms with E-state index in [0.717, 1.165) is 0 Å². The highest BCUT2D eigenvalue weighted by molar-refractivity contribution is 14.1. The molecule has 12 heteroatoms. The molecular formula is C27H30F3I3N6. The summed E-state index contributed by atoms with van der Waals surface area (Å²) in [4.78, 5) is 17.8. The highest BCUT2D eigenvalue weighted by atomic mass is 127. The summed E-state index contributed by atoms with van der Waals surface area (Å²) in [6, 6.07) is 11.8. The lowest BCUT2D eigenvalue weighted by Gasteiger charge is -2.10. The number of benzene rings is 1. The Balaban J connectivity index is 0.000000262. The number of rotatable bonds is 3. The minimum absolute atomic E-state index is 0.164. The minimum Gasteiger partial charge on any atom is -0.378 e. The van der Waals surface area contributed by atoms with Crippen LogP contribution in [0.1, 0.15) is 0 Å². The van der Waals surface area contributed by atoms with Crippen molar-refractivity contribution in [2.45, 2.75) is 0 Å². The number of halogens is 6. The zero-order chi connectivity index (χ0) is 29.5. The van der Waals surface area contributed by atoms with Crippen LogP contribution in [0.3, 0.4) is 0 Å². The summed E-state index contributed by atoms with van der Waals surface area (Å²) in [5.41, 5.74) is 3.56. The van der Waals surface area contributed by atoms with E-state index in [0.29, 0.717) is 0 Å². The lowest BCUT2D eigenvalue weighted by molar-refractivity contribution is 0.515. The Hall–Kier alpha value is -1.95. The molecule has 0 aliphatic rings. The van der Waals surface area contributed by atoms with Crippen molar-refractivity contribution in [3.63, 3.8) is 0 Å². The highest BCUT2D eigenvalue weighted by Crippen LogP contribution is 2.28. The molecule has 6 nitrogen and oxygen atoms in total. The van der Waals surface area contributed by atoms with Crippen LogP contribution in [0.15, 0.2) is 73.6 Å². The van der Waals surface area contributed by atoms with Gasteiger partial charge < -0.3 is 14.7 Å². The van der Waals surface area contributed by atoms with Gasteiger partial charge in [-0.3, -0.25) is 15.0 Å². The lowest BCUT2D eigenvalue weighted by Crippen LogP contribution is -2.07. The summed E-state index contributed by atoms with van der Waals surface area (Å²) >= 11 is 4.53. The number of hydrogen-bond acceptors (Lipinski definition) is 6. The fourth-order valence-corrected chi connectivity index (χ4v) is 5.67. The molecule has 0 radical (unpaired) electrons. The summed E-state index contributed by atoms with van der Waals surface area (Å²) in [5, 5.41) is 0. The van der Waals surface area contributed by atoms with Crippen molar-refractivity contribution in [2.75, 3.05) is 57.0 Å². The van der Waals surface area contributed by atoms with Gasteiger partial charge in [0.1, 0.15) is 0 Å². The van der Waals surface area contributed by atoms with E-state index in [9.17, 15) is 13.2 Å². The first-order chi connectivity index (χ1) is 18.4. The summed E-state index contributed by atoms with van der Waals surface area (Å²) in [7, 11) is 12.1.